The summed E-state index contributed by atoms with van der Waals surface area (Å²) in [6.07, 6.45) is 1.04. The first-order valence-corrected chi connectivity index (χ1v) is 5.96. The van der Waals surface area contributed by atoms with Crippen LogP contribution >= 0.6 is 0 Å². The molecule has 0 heterocycles. The van der Waals surface area contributed by atoms with E-state index < -0.39 is 0 Å². The molecule has 1 N–H and O–H groups in total. The molecule has 0 aliphatic heterocycles. The second kappa shape index (κ2) is 7.05. The normalized spacial score (nSPS) is 14.0. The molecule has 0 saturated carbocycles. The third-order valence-electron chi connectivity index (χ3n) is 2.89. The SMILES string of the molecule is CCC(COC)NC(C)c1ccc(C#N)cc1. The molecule has 1 rings (SSSR count). The molecule has 0 bridgehead atoms. The fourth-order valence-corrected chi connectivity index (χ4v) is 1.78. The zero-order valence-corrected chi connectivity index (χ0v) is 10.7. The van der Waals surface area contributed by atoms with Gasteiger partial charge in [-0.1, -0.05) is 19.1 Å². The molecule has 1 aromatic rings. The Labute approximate surface area is 103 Å². The highest BCUT2D eigenvalue weighted by molar-refractivity contribution is 5.32. The van der Waals surface area contributed by atoms with E-state index in [9.17, 15) is 0 Å². The predicted octanol–water partition coefficient (Wildman–Crippen LogP) is 2.63. The van der Waals surface area contributed by atoms with Gasteiger partial charge in [0.25, 0.3) is 0 Å². The van der Waals surface area contributed by atoms with Crippen LogP contribution in [0.4, 0.5) is 0 Å². The Morgan fingerprint density at radius 3 is 2.47 bits per heavy atom. The topological polar surface area (TPSA) is 45.0 Å². The lowest BCUT2D eigenvalue weighted by Gasteiger charge is -2.22. The molecule has 1 aromatic carbocycles. The number of methoxy groups -OCH3 is 1. The highest BCUT2D eigenvalue weighted by Gasteiger charge is 2.11. The molecule has 0 aliphatic rings. The van der Waals surface area contributed by atoms with E-state index in [-0.39, 0.29) is 6.04 Å². The Kier molecular flexibility index (Phi) is 5.68. The van der Waals surface area contributed by atoms with Gasteiger partial charge in [0.1, 0.15) is 0 Å². The smallest absolute Gasteiger partial charge is 0.0991 e. The first-order valence-electron chi connectivity index (χ1n) is 5.96. The van der Waals surface area contributed by atoms with Crippen LogP contribution in [0.5, 0.6) is 0 Å². The van der Waals surface area contributed by atoms with Crippen molar-refractivity contribution in [3.63, 3.8) is 0 Å². The standard InChI is InChI=1S/C14H20N2O/c1-4-14(10-17-3)16-11(2)13-7-5-12(9-15)6-8-13/h5-8,11,14,16H,4,10H2,1-3H3. The van der Waals surface area contributed by atoms with Crippen LogP contribution in [0.2, 0.25) is 0 Å². The van der Waals surface area contributed by atoms with Gasteiger partial charge in [-0.25, -0.2) is 0 Å². The van der Waals surface area contributed by atoms with Crippen LogP contribution in [-0.2, 0) is 4.74 Å². The van der Waals surface area contributed by atoms with Gasteiger partial charge >= 0.3 is 0 Å². The van der Waals surface area contributed by atoms with Crippen molar-refractivity contribution in [3.05, 3.63) is 35.4 Å². The van der Waals surface area contributed by atoms with Crippen molar-refractivity contribution in [2.75, 3.05) is 13.7 Å². The van der Waals surface area contributed by atoms with Crippen molar-refractivity contribution in [3.8, 4) is 6.07 Å². The summed E-state index contributed by atoms with van der Waals surface area (Å²) in [6.45, 7) is 4.99. The van der Waals surface area contributed by atoms with Crippen molar-refractivity contribution in [1.82, 2.24) is 5.32 Å². The molecule has 0 aliphatic carbocycles. The Hall–Kier alpha value is -1.37. The molecule has 92 valence electrons. The summed E-state index contributed by atoms with van der Waals surface area (Å²) in [4.78, 5) is 0. The molecule has 0 radical (unpaired) electrons. The van der Waals surface area contributed by atoms with Crippen LogP contribution in [0.1, 0.15) is 37.4 Å². The lowest BCUT2D eigenvalue weighted by Crippen LogP contribution is -2.34. The third kappa shape index (κ3) is 4.18. The molecule has 3 nitrogen and oxygen atoms in total. The van der Waals surface area contributed by atoms with Crippen molar-refractivity contribution < 1.29 is 4.74 Å². The fourth-order valence-electron chi connectivity index (χ4n) is 1.78. The largest absolute Gasteiger partial charge is 0.383 e. The average Bonchev–Trinajstić information content (AvgIpc) is 2.38. The number of benzene rings is 1. The maximum Gasteiger partial charge on any atom is 0.0991 e. The van der Waals surface area contributed by atoms with Gasteiger partial charge in [-0.05, 0) is 31.0 Å². The minimum atomic E-state index is 0.267. The highest BCUT2D eigenvalue weighted by atomic mass is 16.5. The van der Waals surface area contributed by atoms with Crippen LogP contribution in [-0.4, -0.2) is 19.8 Å². The van der Waals surface area contributed by atoms with Crippen molar-refractivity contribution in [2.45, 2.75) is 32.4 Å². The summed E-state index contributed by atoms with van der Waals surface area (Å²) in [7, 11) is 1.72. The Balaban J connectivity index is 2.62. The van der Waals surface area contributed by atoms with Crippen LogP contribution in [0.3, 0.4) is 0 Å². The number of rotatable bonds is 6. The molecule has 2 atom stereocenters. The molecular formula is C14H20N2O. The Bertz CT molecular complexity index is 367. The Morgan fingerprint density at radius 1 is 1.35 bits per heavy atom. The van der Waals surface area contributed by atoms with Crippen molar-refractivity contribution >= 4 is 0 Å². The highest BCUT2D eigenvalue weighted by Crippen LogP contribution is 2.14. The Morgan fingerprint density at radius 2 is 2.00 bits per heavy atom. The quantitative estimate of drug-likeness (QED) is 0.820. The van der Waals surface area contributed by atoms with E-state index in [2.05, 4.69) is 25.2 Å². The van der Waals surface area contributed by atoms with E-state index in [0.717, 1.165) is 13.0 Å². The third-order valence-corrected chi connectivity index (χ3v) is 2.89. The van der Waals surface area contributed by atoms with Crippen LogP contribution < -0.4 is 5.32 Å². The van der Waals surface area contributed by atoms with Crippen LogP contribution in [0.15, 0.2) is 24.3 Å². The summed E-state index contributed by atoms with van der Waals surface area (Å²) >= 11 is 0. The number of hydrogen-bond acceptors (Lipinski definition) is 3. The van der Waals surface area contributed by atoms with Gasteiger partial charge in [0.2, 0.25) is 0 Å². The number of nitrogens with one attached hydrogen (secondary N) is 1. The molecule has 17 heavy (non-hydrogen) atoms. The van der Waals surface area contributed by atoms with E-state index in [1.165, 1.54) is 5.56 Å². The zero-order chi connectivity index (χ0) is 12.7. The molecule has 2 unspecified atom stereocenters. The van der Waals surface area contributed by atoms with Gasteiger partial charge in [-0.3, -0.25) is 0 Å². The fraction of sp³-hybridized carbons (Fsp3) is 0.500. The van der Waals surface area contributed by atoms with E-state index in [1.807, 2.05) is 24.3 Å². The lowest BCUT2D eigenvalue weighted by atomic mass is 10.1. The van der Waals surface area contributed by atoms with E-state index >= 15 is 0 Å². The maximum atomic E-state index is 8.74. The van der Waals surface area contributed by atoms with Gasteiger partial charge in [-0.15, -0.1) is 0 Å². The summed E-state index contributed by atoms with van der Waals surface area (Å²) < 4.78 is 5.16. The van der Waals surface area contributed by atoms with Crippen LogP contribution in [0.25, 0.3) is 0 Å². The summed E-state index contributed by atoms with van der Waals surface area (Å²) in [6, 6.07) is 10.5. The number of nitrogens with zero attached hydrogens (tertiary/aromatic N) is 1. The summed E-state index contributed by atoms with van der Waals surface area (Å²) in [5.41, 5.74) is 1.89. The molecular weight excluding hydrogens is 212 g/mol. The van der Waals surface area contributed by atoms with E-state index in [1.54, 1.807) is 7.11 Å². The summed E-state index contributed by atoms with van der Waals surface area (Å²) in [5.74, 6) is 0. The van der Waals surface area contributed by atoms with Gasteiger partial charge < -0.3 is 10.1 Å². The average molecular weight is 232 g/mol. The van der Waals surface area contributed by atoms with Gasteiger partial charge in [0.05, 0.1) is 18.2 Å². The molecule has 0 fully saturated rings. The molecule has 3 heteroatoms. The molecule has 0 aromatic heterocycles. The number of hydrogen-bond donors (Lipinski definition) is 1. The second-order valence-electron chi connectivity index (χ2n) is 4.18. The van der Waals surface area contributed by atoms with Gasteiger partial charge in [0.15, 0.2) is 0 Å². The lowest BCUT2D eigenvalue weighted by molar-refractivity contribution is 0.159. The van der Waals surface area contributed by atoms with Crippen LogP contribution in [0, 0.1) is 11.3 Å². The molecule has 0 saturated heterocycles. The monoisotopic (exact) mass is 232 g/mol. The number of nitriles is 1. The van der Waals surface area contributed by atoms with Gasteiger partial charge in [-0.2, -0.15) is 5.26 Å². The van der Waals surface area contributed by atoms with E-state index in [0.29, 0.717) is 11.6 Å². The van der Waals surface area contributed by atoms with Gasteiger partial charge in [0, 0.05) is 19.2 Å². The first-order chi connectivity index (χ1) is 8.21. The minimum absolute atomic E-state index is 0.267. The van der Waals surface area contributed by atoms with E-state index in [4.69, 9.17) is 10.00 Å². The minimum Gasteiger partial charge on any atom is -0.383 e. The predicted molar refractivity (Wildman–Crippen MR) is 68.7 cm³/mol. The summed E-state index contributed by atoms with van der Waals surface area (Å²) in [5, 5.41) is 12.3. The molecule has 0 spiro atoms. The maximum absolute atomic E-state index is 8.74. The number of ether oxygens (including phenoxy) is 1. The molecule has 0 amide bonds. The van der Waals surface area contributed by atoms with Crippen molar-refractivity contribution in [2.24, 2.45) is 0 Å². The first kappa shape index (κ1) is 13.7. The van der Waals surface area contributed by atoms with Crippen molar-refractivity contribution in [1.29, 1.82) is 5.26 Å². The zero-order valence-electron chi connectivity index (χ0n) is 10.7. The second-order valence-corrected chi connectivity index (χ2v) is 4.18.